The summed E-state index contributed by atoms with van der Waals surface area (Å²) in [4.78, 5) is 11.2. The molecule has 0 fully saturated rings. The molecule has 1 aromatic heterocycles. The average molecular weight is 175 g/mol. The lowest BCUT2D eigenvalue weighted by molar-refractivity contribution is 0.479. The molecule has 0 spiro atoms. The van der Waals surface area contributed by atoms with Crippen LogP contribution in [0.15, 0.2) is 45.7 Å². The van der Waals surface area contributed by atoms with Gasteiger partial charge >= 0.3 is 5.76 Å². The van der Waals surface area contributed by atoms with E-state index in [1.54, 1.807) is 13.1 Å². The molecule has 0 radical (unpaired) electrons. The molecule has 0 atom stereocenters. The maximum absolute atomic E-state index is 11.2. The van der Waals surface area contributed by atoms with Crippen molar-refractivity contribution in [2.75, 3.05) is 0 Å². The van der Waals surface area contributed by atoms with Crippen LogP contribution < -0.4 is 5.76 Å². The fourth-order valence-electron chi connectivity index (χ4n) is 1.22. The molecule has 0 saturated carbocycles. The van der Waals surface area contributed by atoms with Gasteiger partial charge in [0.1, 0.15) is 5.76 Å². The minimum Gasteiger partial charge on any atom is -0.413 e. The Morgan fingerprint density at radius 3 is 2.46 bits per heavy atom. The molecule has 2 aromatic rings. The summed E-state index contributed by atoms with van der Waals surface area (Å²) in [5, 5.41) is 0. The van der Waals surface area contributed by atoms with Crippen molar-refractivity contribution in [2.24, 2.45) is 0 Å². The van der Waals surface area contributed by atoms with Crippen LogP contribution in [0.3, 0.4) is 0 Å². The van der Waals surface area contributed by atoms with Crippen LogP contribution in [0.4, 0.5) is 0 Å². The van der Waals surface area contributed by atoms with E-state index in [1.807, 2.05) is 30.3 Å². The lowest BCUT2D eigenvalue weighted by Crippen LogP contribution is -2.10. The first-order chi connectivity index (χ1) is 6.27. The molecule has 0 unspecified atom stereocenters. The number of oxazole rings is 1. The van der Waals surface area contributed by atoms with Gasteiger partial charge in [-0.25, -0.2) is 9.36 Å². The zero-order valence-corrected chi connectivity index (χ0v) is 7.23. The number of nitrogens with zero attached hydrogens (tertiary/aromatic N) is 1. The lowest BCUT2D eigenvalue weighted by Gasteiger charge is -1.96. The van der Waals surface area contributed by atoms with Gasteiger partial charge in [0.2, 0.25) is 0 Å². The van der Waals surface area contributed by atoms with Crippen molar-refractivity contribution in [3.63, 3.8) is 0 Å². The SMILES string of the molecule is Cc1cn(-c2ccccc2)c(=O)o1. The molecule has 0 amide bonds. The second kappa shape index (κ2) is 2.94. The monoisotopic (exact) mass is 175 g/mol. The second-order valence-corrected chi connectivity index (χ2v) is 2.81. The summed E-state index contributed by atoms with van der Waals surface area (Å²) in [5.41, 5.74) is 0.823. The van der Waals surface area contributed by atoms with E-state index in [0.29, 0.717) is 5.76 Å². The fourth-order valence-corrected chi connectivity index (χ4v) is 1.22. The van der Waals surface area contributed by atoms with E-state index in [0.717, 1.165) is 5.69 Å². The van der Waals surface area contributed by atoms with Crippen molar-refractivity contribution in [3.8, 4) is 5.69 Å². The van der Waals surface area contributed by atoms with Crippen LogP contribution in [0.2, 0.25) is 0 Å². The number of aromatic nitrogens is 1. The topological polar surface area (TPSA) is 35.1 Å². The molecule has 3 heteroatoms. The van der Waals surface area contributed by atoms with Crippen molar-refractivity contribution in [1.29, 1.82) is 0 Å². The molecule has 0 saturated heterocycles. The van der Waals surface area contributed by atoms with E-state index in [1.165, 1.54) is 4.57 Å². The highest BCUT2D eigenvalue weighted by Gasteiger charge is 2.02. The van der Waals surface area contributed by atoms with Crippen molar-refractivity contribution in [2.45, 2.75) is 6.92 Å². The normalized spacial score (nSPS) is 10.2. The standard InChI is InChI=1S/C10H9NO2/c1-8-7-11(10(12)13-8)9-5-3-2-4-6-9/h2-7H,1H3. The van der Waals surface area contributed by atoms with Gasteiger partial charge in [-0.15, -0.1) is 0 Å². The van der Waals surface area contributed by atoms with Gasteiger partial charge in [0.05, 0.1) is 11.9 Å². The summed E-state index contributed by atoms with van der Waals surface area (Å²) in [7, 11) is 0. The van der Waals surface area contributed by atoms with E-state index < -0.39 is 0 Å². The molecule has 0 aliphatic carbocycles. The van der Waals surface area contributed by atoms with Gasteiger partial charge in [0, 0.05) is 0 Å². The predicted molar refractivity (Wildman–Crippen MR) is 49.0 cm³/mol. The Bertz CT molecular complexity index is 453. The Morgan fingerprint density at radius 2 is 1.92 bits per heavy atom. The van der Waals surface area contributed by atoms with Crippen LogP contribution in [0.25, 0.3) is 5.69 Å². The molecule has 0 aliphatic heterocycles. The molecule has 13 heavy (non-hydrogen) atoms. The molecule has 1 heterocycles. The van der Waals surface area contributed by atoms with Gasteiger partial charge in [-0.1, -0.05) is 18.2 Å². The average Bonchev–Trinajstić information content (AvgIpc) is 2.47. The Morgan fingerprint density at radius 1 is 1.23 bits per heavy atom. The molecule has 1 aromatic carbocycles. The largest absolute Gasteiger partial charge is 0.423 e. The van der Waals surface area contributed by atoms with Crippen molar-refractivity contribution < 1.29 is 4.42 Å². The van der Waals surface area contributed by atoms with E-state index in [-0.39, 0.29) is 5.76 Å². The number of hydrogen-bond acceptors (Lipinski definition) is 2. The van der Waals surface area contributed by atoms with Crippen molar-refractivity contribution >= 4 is 0 Å². The van der Waals surface area contributed by atoms with E-state index in [4.69, 9.17) is 4.42 Å². The number of para-hydroxylation sites is 1. The Balaban J connectivity index is 2.59. The molecule has 2 rings (SSSR count). The van der Waals surface area contributed by atoms with Crippen molar-refractivity contribution in [3.05, 3.63) is 52.8 Å². The first-order valence-corrected chi connectivity index (χ1v) is 4.02. The van der Waals surface area contributed by atoms with Crippen LogP contribution in [-0.2, 0) is 0 Å². The summed E-state index contributed by atoms with van der Waals surface area (Å²) in [6, 6.07) is 9.38. The molecular weight excluding hydrogens is 166 g/mol. The highest BCUT2D eigenvalue weighted by atomic mass is 16.4. The van der Waals surface area contributed by atoms with Gasteiger partial charge in [-0.2, -0.15) is 0 Å². The summed E-state index contributed by atoms with van der Waals surface area (Å²) in [5.74, 6) is 0.276. The smallest absolute Gasteiger partial charge is 0.413 e. The zero-order valence-electron chi connectivity index (χ0n) is 7.23. The van der Waals surface area contributed by atoms with Gasteiger partial charge < -0.3 is 4.42 Å². The first-order valence-electron chi connectivity index (χ1n) is 4.02. The fraction of sp³-hybridized carbons (Fsp3) is 0.100. The van der Waals surface area contributed by atoms with Crippen molar-refractivity contribution in [1.82, 2.24) is 4.57 Å². The van der Waals surface area contributed by atoms with E-state index >= 15 is 0 Å². The zero-order chi connectivity index (χ0) is 9.26. The first kappa shape index (κ1) is 7.86. The van der Waals surface area contributed by atoms with E-state index in [9.17, 15) is 4.79 Å². The van der Waals surface area contributed by atoms with Gasteiger partial charge in [-0.05, 0) is 19.1 Å². The van der Waals surface area contributed by atoms with Gasteiger partial charge in [0.25, 0.3) is 0 Å². The summed E-state index contributed by atoms with van der Waals surface area (Å²) in [6.45, 7) is 1.75. The summed E-state index contributed by atoms with van der Waals surface area (Å²) in [6.07, 6.45) is 1.68. The number of benzene rings is 1. The highest BCUT2D eigenvalue weighted by Crippen LogP contribution is 2.05. The summed E-state index contributed by atoms with van der Waals surface area (Å²) < 4.78 is 6.36. The third-order valence-electron chi connectivity index (χ3n) is 1.79. The Labute approximate surface area is 75.2 Å². The van der Waals surface area contributed by atoms with Crippen LogP contribution in [0, 0.1) is 6.92 Å². The number of hydrogen-bond donors (Lipinski definition) is 0. The van der Waals surface area contributed by atoms with Gasteiger partial charge in [-0.3, -0.25) is 0 Å². The minimum atomic E-state index is -0.344. The van der Waals surface area contributed by atoms with Crippen LogP contribution >= 0.6 is 0 Å². The maximum atomic E-state index is 11.2. The molecule has 3 nitrogen and oxygen atoms in total. The molecule has 66 valence electrons. The van der Waals surface area contributed by atoms with E-state index in [2.05, 4.69) is 0 Å². The Kier molecular flexibility index (Phi) is 1.77. The molecule has 0 aliphatic rings. The van der Waals surface area contributed by atoms with Gasteiger partial charge in [0.15, 0.2) is 0 Å². The number of rotatable bonds is 1. The third kappa shape index (κ3) is 1.40. The van der Waals surface area contributed by atoms with Crippen LogP contribution in [-0.4, -0.2) is 4.57 Å². The molecule has 0 N–H and O–H groups in total. The quantitative estimate of drug-likeness (QED) is 0.661. The molecular formula is C10H9NO2. The third-order valence-corrected chi connectivity index (χ3v) is 1.79. The lowest BCUT2D eigenvalue weighted by atomic mass is 10.3. The maximum Gasteiger partial charge on any atom is 0.423 e. The van der Waals surface area contributed by atoms with Crippen LogP contribution in [0.5, 0.6) is 0 Å². The Hall–Kier alpha value is -1.77. The highest BCUT2D eigenvalue weighted by molar-refractivity contribution is 5.30. The summed E-state index contributed by atoms with van der Waals surface area (Å²) >= 11 is 0. The predicted octanol–water partition coefficient (Wildman–Crippen LogP) is 1.74. The van der Waals surface area contributed by atoms with Crippen LogP contribution in [0.1, 0.15) is 5.76 Å². The second-order valence-electron chi connectivity index (χ2n) is 2.81. The minimum absolute atomic E-state index is 0.344. The number of aryl methyl sites for hydroxylation is 1. The molecule has 0 bridgehead atoms.